The van der Waals surface area contributed by atoms with Gasteiger partial charge in [0.25, 0.3) is 10.0 Å². The molecule has 2 aromatic rings. The number of rotatable bonds is 7. The second-order valence-electron chi connectivity index (χ2n) is 7.02. The van der Waals surface area contributed by atoms with Crippen molar-refractivity contribution in [3.8, 4) is 0 Å². The number of carbonyl (C=O) groups is 2. The second-order valence-corrected chi connectivity index (χ2v) is 10.1. The molecule has 0 aliphatic carbocycles. The molecular formula is C20H24FN3O4S2. The Morgan fingerprint density at radius 2 is 1.87 bits per heavy atom. The van der Waals surface area contributed by atoms with Crippen molar-refractivity contribution in [2.45, 2.75) is 42.5 Å². The number of amides is 2. The van der Waals surface area contributed by atoms with Crippen LogP contribution in [0.4, 0.5) is 4.39 Å². The van der Waals surface area contributed by atoms with Gasteiger partial charge in [-0.15, -0.1) is 11.3 Å². The highest BCUT2D eigenvalue weighted by Gasteiger charge is 2.33. The standard InChI is InChI=1S/C20H24FN3O4S2/c21-17-8-2-1-6-15(17)14-23-20(26)19(25)22-11-10-16-7-3-4-12-24(16)30(27,28)18-9-5-13-29-18/h1-2,5-6,8-9,13,16H,3-4,7,10-12,14H2,(H,22,25)(H,23,26)/t16-/m1/s1. The first kappa shape index (κ1) is 22.4. The molecule has 1 saturated heterocycles. The van der Waals surface area contributed by atoms with E-state index >= 15 is 0 Å². The Morgan fingerprint density at radius 1 is 1.10 bits per heavy atom. The minimum absolute atomic E-state index is 0.0889. The summed E-state index contributed by atoms with van der Waals surface area (Å²) in [5, 5.41) is 6.64. The van der Waals surface area contributed by atoms with Crippen LogP contribution in [0, 0.1) is 5.82 Å². The Labute approximate surface area is 179 Å². The van der Waals surface area contributed by atoms with Crippen LogP contribution in [0.5, 0.6) is 0 Å². The van der Waals surface area contributed by atoms with Crippen molar-refractivity contribution >= 4 is 33.2 Å². The van der Waals surface area contributed by atoms with Crippen molar-refractivity contribution in [3.05, 3.63) is 53.2 Å². The average Bonchev–Trinajstić information content (AvgIpc) is 3.29. The van der Waals surface area contributed by atoms with Gasteiger partial charge in [-0.2, -0.15) is 4.31 Å². The van der Waals surface area contributed by atoms with E-state index in [0.29, 0.717) is 23.6 Å². The molecule has 1 atom stereocenters. The van der Waals surface area contributed by atoms with Crippen LogP contribution < -0.4 is 10.6 Å². The van der Waals surface area contributed by atoms with Crippen LogP contribution in [0.3, 0.4) is 0 Å². The molecule has 30 heavy (non-hydrogen) atoms. The van der Waals surface area contributed by atoms with Crippen LogP contribution in [0.1, 0.15) is 31.2 Å². The topological polar surface area (TPSA) is 95.6 Å². The highest BCUT2D eigenvalue weighted by molar-refractivity contribution is 7.91. The second kappa shape index (κ2) is 10.1. The summed E-state index contributed by atoms with van der Waals surface area (Å²) in [5.41, 5.74) is 0.287. The molecule has 2 heterocycles. The van der Waals surface area contributed by atoms with Gasteiger partial charge >= 0.3 is 11.8 Å². The molecule has 0 saturated carbocycles. The quantitative estimate of drug-likeness (QED) is 0.629. The lowest BCUT2D eigenvalue weighted by molar-refractivity contribution is -0.139. The number of hydrogen-bond donors (Lipinski definition) is 2. The van der Waals surface area contributed by atoms with E-state index in [1.807, 2.05) is 0 Å². The van der Waals surface area contributed by atoms with E-state index in [2.05, 4.69) is 10.6 Å². The van der Waals surface area contributed by atoms with Crippen molar-refractivity contribution in [2.75, 3.05) is 13.1 Å². The maximum absolute atomic E-state index is 13.6. The number of thiophene rings is 1. The zero-order chi connectivity index (χ0) is 21.6. The van der Waals surface area contributed by atoms with Crippen molar-refractivity contribution < 1.29 is 22.4 Å². The van der Waals surface area contributed by atoms with Crippen LogP contribution >= 0.6 is 11.3 Å². The molecule has 0 unspecified atom stereocenters. The third-order valence-corrected chi connectivity index (χ3v) is 8.32. The summed E-state index contributed by atoms with van der Waals surface area (Å²) in [4.78, 5) is 23.9. The highest BCUT2D eigenvalue weighted by atomic mass is 32.2. The van der Waals surface area contributed by atoms with Gasteiger partial charge in [0.1, 0.15) is 10.0 Å². The van der Waals surface area contributed by atoms with E-state index in [4.69, 9.17) is 0 Å². The molecule has 1 aliphatic rings. The Morgan fingerprint density at radius 3 is 2.60 bits per heavy atom. The number of nitrogens with one attached hydrogen (secondary N) is 2. The molecular weight excluding hydrogens is 429 g/mol. The molecule has 2 amide bonds. The monoisotopic (exact) mass is 453 g/mol. The summed E-state index contributed by atoms with van der Waals surface area (Å²) in [6.07, 6.45) is 2.83. The molecule has 1 aromatic heterocycles. The number of carbonyl (C=O) groups excluding carboxylic acids is 2. The van der Waals surface area contributed by atoms with Gasteiger partial charge in [-0.3, -0.25) is 9.59 Å². The van der Waals surface area contributed by atoms with E-state index in [9.17, 15) is 22.4 Å². The maximum Gasteiger partial charge on any atom is 0.309 e. The van der Waals surface area contributed by atoms with E-state index < -0.39 is 27.7 Å². The lowest BCUT2D eigenvalue weighted by Gasteiger charge is -2.34. The van der Waals surface area contributed by atoms with E-state index in [1.165, 1.54) is 27.8 Å². The first-order valence-electron chi connectivity index (χ1n) is 9.74. The maximum atomic E-state index is 13.6. The molecule has 1 fully saturated rings. The summed E-state index contributed by atoms with van der Waals surface area (Å²) >= 11 is 1.18. The number of hydrogen-bond acceptors (Lipinski definition) is 5. The molecule has 1 aromatic carbocycles. The molecule has 0 radical (unpaired) electrons. The van der Waals surface area contributed by atoms with Crippen molar-refractivity contribution in [1.29, 1.82) is 0 Å². The first-order chi connectivity index (χ1) is 14.4. The summed E-state index contributed by atoms with van der Waals surface area (Å²) in [7, 11) is -3.55. The Bertz CT molecular complexity index is 980. The molecule has 10 heteroatoms. The Kier molecular flexibility index (Phi) is 7.57. The van der Waals surface area contributed by atoms with Crippen molar-refractivity contribution in [1.82, 2.24) is 14.9 Å². The summed E-state index contributed by atoms with van der Waals surface area (Å²) in [6, 6.07) is 9.06. The summed E-state index contributed by atoms with van der Waals surface area (Å²) < 4.78 is 41.1. The number of halogens is 1. The molecule has 7 nitrogen and oxygen atoms in total. The Balaban J connectivity index is 1.50. The molecule has 162 valence electrons. The SMILES string of the molecule is O=C(NCC[C@H]1CCCCN1S(=O)(=O)c1cccs1)C(=O)NCc1ccccc1F. The van der Waals surface area contributed by atoms with Gasteiger partial charge in [0.2, 0.25) is 0 Å². The number of piperidine rings is 1. The third kappa shape index (κ3) is 5.44. The lowest BCUT2D eigenvalue weighted by atomic mass is 10.0. The van der Waals surface area contributed by atoms with Crippen molar-refractivity contribution in [3.63, 3.8) is 0 Å². The number of benzene rings is 1. The molecule has 0 spiro atoms. The fraction of sp³-hybridized carbons (Fsp3) is 0.400. The third-order valence-electron chi connectivity index (χ3n) is 5.00. The van der Waals surface area contributed by atoms with E-state index in [0.717, 1.165) is 12.8 Å². The number of sulfonamides is 1. The van der Waals surface area contributed by atoms with Gasteiger partial charge in [-0.05, 0) is 36.8 Å². The van der Waals surface area contributed by atoms with Gasteiger partial charge in [0.15, 0.2) is 0 Å². The van der Waals surface area contributed by atoms with Gasteiger partial charge in [0, 0.05) is 31.2 Å². The number of nitrogens with zero attached hydrogens (tertiary/aromatic N) is 1. The van der Waals surface area contributed by atoms with E-state index in [-0.39, 0.29) is 24.7 Å². The van der Waals surface area contributed by atoms with Crippen LogP contribution in [0.2, 0.25) is 0 Å². The largest absolute Gasteiger partial charge is 0.348 e. The minimum Gasteiger partial charge on any atom is -0.348 e. The fourth-order valence-corrected chi connectivity index (χ4v) is 6.28. The van der Waals surface area contributed by atoms with Crippen LogP contribution in [0.25, 0.3) is 0 Å². The molecule has 1 aliphatic heterocycles. The van der Waals surface area contributed by atoms with Gasteiger partial charge in [0.05, 0.1) is 0 Å². The Hall–Kier alpha value is -2.30. The minimum atomic E-state index is -3.55. The van der Waals surface area contributed by atoms with Crippen LogP contribution in [0.15, 0.2) is 46.0 Å². The summed E-state index contributed by atoms with van der Waals surface area (Å²) in [5.74, 6) is -2.14. The predicted octanol–water partition coefficient (Wildman–Crippen LogP) is 2.25. The molecule has 3 rings (SSSR count). The normalized spacial score (nSPS) is 17.4. The van der Waals surface area contributed by atoms with Crippen molar-refractivity contribution in [2.24, 2.45) is 0 Å². The van der Waals surface area contributed by atoms with Gasteiger partial charge < -0.3 is 10.6 Å². The van der Waals surface area contributed by atoms with Crippen LogP contribution in [-0.4, -0.2) is 43.7 Å². The highest BCUT2D eigenvalue weighted by Crippen LogP contribution is 2.29. The average molecular weight is 454 g/mol. The van der Waals surface area contributed by atoms with Gasteiger partial charge in [-0.1, -0.05) is 30.7 Å². The van der Waals surface area contributed by atoms with Gasteiger partial charge in [-0.25, -0.2) is 12.8 Å². The predicted molar refractivity (Wildman–Crippen MR) is 112 cm³/mol. The van der Waals surface area contributed by atoms with Crippen LogP contribution in [-0.2, 0) is 26.2 Å². The first-order valence-corrected chi connectivity index (χ1v) is 12.1. The van der Waals surface area contributed by atoms with E-state index in [1.54, 1.807) is 29.6 Å². The molecule has 2 N–H and O–H groups in total. The lowest BCUT2D eigenvalue weighted by Crippen LogP contribution is -2.46. The molecule has 0 bridgehead atoms. The summed E-state index contributed by atoms with van der Waals surface area (Å²) in [6.45, 7) is 0.531. The zero-order valence-electron chi connectivity index (χ0n) is 16.3. The fourth-order valence-electron chi connectivity index (χ4n) is 3.43. The zero-order valence-corrected chi connectivity index (χ0v) is 18.0. The smallest absolute Gasteiger partial charge is 0.309 e.